The van der Waals surface area contributed by atoms with E-state index in [1.807, 2.05) is 0 Å². The van der Waals surface area contributed by atoms with Crippen LogP contribution in [0.5, 0.6) is 5.75 Å². The number of nitrogens with zero attached hydrogens (tertiary/aromatic N) is 1. The van der Waals surface area contributed by atoms with Gasteiger partial charge in [-0.05, 0) is 55.3 Å². The summed E-state index contributed by atoms with van der Waals surface area (Å²) in [6.07, 6.45) is 1.50. The largest absolute Gasteiger partial charge is 0.494 e. The van der Waals surface area contributed by atoms with Gasteiger partial charge in [-0.25, -0.2) is 4.39 Å². The van der Waals surface area contributed by atoms with Gasteiger partial charge in [0.2, 0.25) is 5.91 Å². The van der Waals surface area contributed by atoms with Crippen LogP contribution in [0.4, 0.5) is 4.39 Å². The van der Waals surface area contributed by atoms with Gasteiger partial charge in [-0.1, -0.05) is 15.9 Å². The number of nitrogens with one attached hydrogen (secondary N) is 1. The molecule has 0 unspecified atom stereocenters. The molecule has 0 radical (unpaired) electrons. The van der Waals surface area contributed by atoms with E-state index in [0.717, 1.165) is 15.8 Å². The molecule has 1 heterocycles. The normalized spacial score (nSPS) is 12.8. The van der Waals surface area contributed by atoms with E-state index in [1.165, 1.54) is 12.1 Å². The van der Waals surface area contributed by atoms with E-state index < -0.39 is 0 Å². The standard InChI is InChI=1S/C21H20BrFN2O4/c22-14-3-8-17-18(13-14)21(28)25(20(17)27)11-9-19(26)24-10-1-2-12-29-16-6-4-15(23)5-7-16/h3-8,13H,1-2,9-12H2,(H,24,26). The maximum Gasteiger partial charge on any atom is 0.261 e. The molecule has 0 aromatic heterocycles. The fourth-order valence-electron chi connectivity index (χ4n) is 2.94. The second-order valence-electron chi connectivity index (χ2n) is 6.56. The fourth-order valence-corrected chi connectivity index (χ4v) is 3.30. The molecule has 3 amide bonds. The number of imide groups is 1. The summed E-state index contributed by atoms with van der Waals surface area (Å²) in [5, 5.41) is 2.77. The van der Waals surface area contributed by atoms with Crippen molar-refractivity contribution in [2.45, 2.75) is 19.3 Å². The van der Waals surface area contributed by atoms with E-state index in [1.54, 1.807) is 30.3 Å². The fraction of sp³-hybridized carbons (Fsp3) is 0.286. The highest BCUT2D eigenvalue weighted by molar-refractivity contribution is 9.10. The summed E-state index contributed by atoms with van der Waals surface area (Å²) in [5.74, 6) is -0.681. The molecular weight excluding hydrogens is 443 g/mol. The van der Waals surface area contributed by atoms with Crippen molar-refractivity contribution in [3.63, 3.8) is 0 Å². The Bertz CT molecular complexity index is 917. The Morgan fingerprint density at radius 1 is 1.03 bits per heavy atom. The van der Waals surface area contributed by atoms with Gasteiger partial charge in [-0.3, -0.25) is 19.3 Å². The Kier molecular flexibility index (Phi) is 6.98. The summed E-state index contributed by atoms with van der Waals surface area (Å²) < 4.78 is 19.0. The van der Waals surface area contributed by atoms with E-state index in [4.69, 9.17) is 4.74 Å². The van der Waals surface area contributed by atoms with Crippen LogP contribution in [0.15, 0.2) is 46.9 Å². The summed E-state index contributed by atoms with van der Waals surface area (Å²) in [6, 6.07) is 10.7. The van der Waals surface area contributed by atoms with Crippen molar-refractivity contribution in [1.29, 1.82) is 0 Å². The topological polar surface area (TPSA) is 75.7 Å². The van der Waals surface area contributed by atoms with Crippen LogP contribution in [0.2, 0.25) is 0 Å². The van der Waals surface area contributed by atoms with Crippen LogP contribution in [-0.2, 0) is 4.79 Å². The van der Waals surface area contributed by atoms with Crippen LogP contribution in [0.25, 0.3) is 0 Å². The first kappa shape index (κ1) is 21.0. The molecule has 8 heteroatoms. The number of ether oxygens (including phenoxy) is 1. The third kappa shape index (κ3) is 5.41. The molecule has 0 fully saturated rings. The van der Waals surface area contributed by atoms with Gasteiger partial charge in [-0.15, -0.1) is 0 Å². The number of amides is 3. The van der Waals surface area contributed by atoms with Crippen molar-refractivity contribution in [3.8, 4) is 5.75 Å². The first-order valence-electron chi connectivity index (χ1n) is 9.26. The van der Waals surface area contributed by atoms with E-state index in [2.05, 4.69) is 21.2 Å². The summed E-state index contributed by atoms with van der Waals surface area (Å²) in [7, 11) is 0. The highest BCUT2D eigenvalue weighted by Crippen LogP contribution is 2.26. The Hall–Kier alpha value is -2.74. The molecule has 6 nitrogen and oxygen atoms in total. The maximum absolute atomic E-state index is 12.8. The highest BCUT2D eigenvalue weighted by Gasteiger charge is 2.35. The van der Waals surface area contributed by atoms with Gasteiger partial charge in [0.15, 0.2) is 0 Å². The Balaban J connectivity index is 1.33. The van der Waals surface area contributed by atoms with Crippen molar-refractivity contribution in [2.24, 2.45) is 0 Å². The van der Waals surface area contributed by atoms with E-state index in [-0.39, 0.29) is 36.5 Å². The smallest absolute Gasteiger partial charge is 0.261 e. The number of fused-ring (bicyclic) bond motifs is 1. The summed E-state index contributed by atoms with van der Waals surface area (Å²) in [5.41, 5.74) is 0.714. The van der Waals surface area contributed by atoms with Crippen LogP contribution in [0.1, 0.15) is 40.0 Å². The predicted molar refractivity (Wildman–Crippen MR) is 108 cm³/mol. The van der Waals surface area contributed by atoms with E-state index in [9.17, 15) is 18.8 Å². The average molecular weight is 463 g/mol. The zero-order chi connectivity index (χ0) is 20.8. The lowest BCUT2D eigenvalue weighted by atomic mass is 10.1. The quantitative estimate of drug-likeness (QED) is 0.456. The highest BCUT2D eigenvalue weighted by atomic mass is 79.9. The minimum atomic E-state index is -0.378. The molecule has 0 spiro atoms. The molecular formula is C21H20BrFN2O4. The zero-order valence-electron chi connectivity index (χ0n) is 15.6. The first-order valence-corrected chi connectivity index (χ1v) is 10.1. The molecule has 0 saturated carbocycles. The minimum absolute atomic E-state index is 0.0451. The third-order valence-corrected chi connectivity index (χ3v) is 4.96. The van der Waals surface area contributed by atoms with E-state index in [0.29, 0.717) is 36.4 Å². The van der Waals surface area contributed by atoms with Gasteiger partial charge in [0, 0.05) is 24.0 Å². The molecule has 1 aliphatic rings. The molecule has 152 valence electrons. The van der Waals surface area contributed by atoms with Gasteiger partial charge in [-0.2, -0.15) is 0 Å². The molecule has 0 aliphatic carbocycles. The molecule has 1 N–H and O–H groups in total. The lowest BCUT2D eigenvalue weighted by Crippen LogP contribution is -2.34. The van der Waals surface area contributed by atoms with Crippen LogP contribution in [-0.4, -0.2) is 42.3 Å². The van der Waals surface area contributed by atoms with Crippen LogP contribution in [0.3, 0.4) is 0 Å². The molecule has 0 saturated heterocycles. The first-order chi connectivity index (χ1) is 14.0. The number of hydrogen-bond donors (Lipinski definition) is 1. The number of rotatable bonds is 9. The van der Waals surface area contributed by atoms with Crippen LogP contribution in [0, 0.1) is 5.82 Å². The second-order valence-corrected chi connectivity index (χ2v) is 7.48. The maximum atomic E-state index is 12.8. The van der Waals surface area contributed by atoms with Crippen molar-refractivity contribution in [3.05, 3.63) is 63.9 Å². The van der Waals surface area contributed by atoms with Gasteiger partial charge in [0.1, 0.15) is 11.6 Å². The van der Waals surface area contributed by atoms with Gasteiger partial charge in [0.25, 0.3) is 11.8 Å². The number of benzene rings is 2. The number of unbranched alkanes of at least 4 members (excludes halogenated alkanes) is 1. The van der Waals surface area contributed by atoms with E-state index >= 15 is 0 Å². The SMILES string of the molecule is O=C(CCN1C(=O)c2ccc(Br)cc2C1=O)NCCCCOc1ccc(F)cc1. The molecule has 0 bridgehead atoms. The molecule has 2 aromatic rings. The van der Waals surface area contributed by atoms with Crippen molar-refractivity contribution < 1.29 is 23.5 Å². The lowest BCUT2D eigenvalue weighted by Gasteiger charge is -2.13. The molecule has 29 heavy (non-hydrogen) atoms. The van der Waals surface area contributed by atoms with Crippen LogP contribution >= 0.6 is 15.9 Å². The molecule has 2 aromatic carbocycles. The Labute approximate surface area is 176 Å². The lowest BCUT2D eigenvalue weighted by molar-refractivity contribution is -0.121. The van der Waals surface area contributed by atoms with Gasteiger partial charge < -0.3 is 10.1 Å². The monoisotopic (exact) mass is 462 g/mol. The third-order valence-electron chi connectivity index (χ3n) is 4.47. The molecule has 1 aliphatic heterocycles. The van der Waals surface area contributed by atoms with Gasteiger partial charge >= 0.3 is 0 Å². The summed E-state index contributed by atoms with van der Waals surface area (Å²) in [6.45, 7) is 0.982. The number of carbonyl (C=O) groups is 3. The van der Waals surface area contributed by atoms with Gasteiger partial charge in [0.05, 0.1) is 17.7 Å². The van der Waals surface area contributed by atoms with Crippen LogP contribution < -0.4 is 10.1 Å². The Morgan fingerprint density at radius 3 is 2.52 bits per heavy atom. The minimum Gasteiger partial charge on any atom is -0.494 e. The molecule has 0 atom stereocenters. The average Bonchev–Trinajstić information content (AvgIpc) is 2.94. The number of carbonyl (C=O) groups excluding carboxylic acids is 3. The zero-order valence-corrected chi connectivity index (χ0v) is 17.2. The number of hydrogen-bond acceptors (Lipinski definition) is 4. The summed E-state index contributed by atoms with van der Waals surface area (Å²) >= 11 is 3.29. The molecule has 3 rings (SSSR count). The second kappa shape index (κ2) is 9.65. The number of halogens is 2. The Morgan fingerprint density at radius 2 is 1.76 bits per heavy atom. The predicted octanol–water partition coefficient (Wildman–Crippen LogP) is 3.55. The van der Waals surface area contributed by atoms with Crippen molar-refractivity contribution in [2.75, 3.05) is 19.7 Å². The summed E-state index contributed by atoms with van der Waals surface area (Å²) in [4.78, 5) is 37.8. The van der Waals surface area contributed by atoms with Crippen molar-refractivity contribution >= 4 is 33.7 Å². The van der Waals surface area contributed by atoms with Crippen molar-refractivity contribution in [1.82, 2.24) is 10.2 Å².